The van der Waals surface area contributed by atoms with Gasteiger partial charge in [0.05, 0.1) is 11.5 Å². The summed E-state index contributed by atoms with van der Waals surface area (Å²) in [6, 6.07) is 6.36. The van der Waals surface area contributed by atoms with E-state index in [9.17, 15) is 8.42 Å². The molecule has 0 saturated carbocycles. The second kappa shape index (κ2) is 5.83. The Bertz CT molecular complexity index is 431. The highest BCUT2D eigenvalue weighted by molar-refractivity contribution is 7.89. The van der Waals surface area contributed by atoms with Crippen LogP contribution in [0.15, 0.2) is 29.2 Å². The lowest BCUT2D eigenvalue weighted by molar-refractivity contribution is 0.339. The molecule has 0 heterocycles. The van der Waals surface area contributed by atoms with Crippen molar-refractivity contribution in [3.8, 4) is 5.75 Å². The fraction of sp³-hybridized carbons (Fsp3) is 0.400. The van der Waals surface area contributed by atoms with Gasteiger partial charge in [0, 0.05) is 19.2 Å². The molecule has 16 heavy (non-hydrogen) atoms. The average molecular weight is 244 g/mol. The number of hydrogen-bond donors (Lipinski definition) is 2. The molecule has 1 rings (SSSR count). The van der Waals surface area contributed by atoms with Gasteiger partial charge in [-0.25, -0.2) is 13.1 Å². The largest absolute Gasteiger partial charge is 0.494 e. The molecule has 0 fully saturated rings. The molecule has 0 aliphatic heterocycles. The number of nitrogens with one attached hydrogen (secondary N) is 1. The van der Waals surface area contributed by atoms with Crippen LogP contribution < -0.4 is 15.2 Å². The van der Waals surface area contributed by atoms with Gasteiger partial charge in [0.15, 0.2) is 0 Å². The second-order valence-corrected chi connectivity index (χ2v) is 4.86. The van der Waals surface area contributed by atoms with Crippen LogP contribution in [-0.4, -0.2) is 28.1 Å². The predicted octanol–water partition coefficient (Wildman–Crippen LogP) is 0.322. The molecular weight excluding hydrogens is 228 g/mol. The predicted molar refractivity (Wildman–Crippen MR) is 61.9 cm³/mol. The van der Waals surface area contributed by atoms with Crippen LogP contribution in [0.2, 0.25) is 0 Å². The van der Waals surface area contributed by atoms with E-state index in [1.807, 2.05) is 6.92 Å². The van der Waals surface area contributed by atoms with Crippen molar-refractivity contribution in [2.45, 2.75) is 11.8 Å². The molecule has 5 nitrogen and oxygen atoms in total. The standard InChI is InChI=1S/C10H16N2O3S/c1-2-15-9-4-3-5-10(8-9)16(13,14)12-7-6-11/h3-5,8,12H,2,6-7,11H2,1H3. The van der Waals surface area contributed by atoms with Gasteiger partial charge in [0.2, 0.25) is 10.0 Å². The van der Waals surface area contributed by atoms with Gasteiger partial charge >= 0.3 is 0 Å². The first kappa shape index (κ1) is 13.0. The van der Waals surface area contributed by atoms with Crippen molar-refractivity contribution in [1.29, 1.82) is 0 Å². The Morgan fingerprint density at radius 1 is 1.44 bits per heavy atom. The van der Waals surface area contributed by atoms with Gasteiger partial charge in [-0.3, -0.25) is 0 Å². The zero-order valence-corrected chi connectivity index (χ0v) is 9.96. The maximum absolute atomic E-state index is 11.7. The van der Waals surface area contributed by atoms with Crippen LogP contribution in [0.25, 0.3) is 0 Å². The molecule has 0 aliphatic carbocycles. The highest BCUT2D eigenvalue weighted by Gasteiger charge is 2.13. The molecule has 0 saturated heterocycles. The molecule has 0 amide bonds. The summed E-state index contributed by atoms with van der Waals surface area (Å²) in [7, 11) is -3.47. The monoisotopic (exact) mass is 244 g/mol. The number of rotatable bonds is 6. The molecule has 0 atom stereocenters. The summed E-state index contributed by atoms with van der Waals surface area (Å²) in [5, 5.41) is 0. The summed E-state index contributed by atoms with van der Waals surface area (Å²) in [5.41, 5.74) is 5.24. The van der Waals surface area contributed by atoms with Crippen molar-refractivity contribution in [3.63, 3.8) is 0 Å². The van der Waals surface area contributed by atoms with Crippen LogP contribution in [0.5, 0.6) is 5.75 Å². The van der Waals surface area contributed by atoms with E-state index in [1.54, 1.807) is 12.1 Å². The molecule has 0 spiro atoms. The third-order valence-electron chi connectivity index (χ3n) is 1.86. The van der Waals surface area contributed by atoms with Gasteiger partial charge in [-0.1, -0.05) is 6.07 Å². The normalized spacial score (nSPS) is 11.4. The van der Waals surface area contributed by atoms with E-state index in [0.29, 0.717) is 12.4 Å². The third kappa shape index (κ3) is 3.48. The highest BCUT2D eigenvalue weighted by atomic mass is 32.2. The van der Waals surface area contributed by atoms with Crippen molar-refractivity contribution in [2.24, 2.45) is 5.73 Å². The minimum atomic E-state index is -3.47. The Morgan fingerprint density at radius 3 is 2.81 bits per heavy atom. The number of nitrogens with two attached hydrogens (primary N) is 1. The van der Waals surface area contributed by atoms with E-state index in [4.69, 9.17) is 10.5 Å². The molecule has 6 heteroatoms. The fourth-order valence-electron chi connectivity index (χ4n) is 1.17. The lowest BCUT2D eigenvalue weighted by Crippen LogP contribution is -2.29. The molecule has 3 N–H and O–H groups in total. The second-order valence-electron chi connectivity index (χ2n) is 3.09. The Hall–Kier alpha value is -1.11. The number of sulfonamides is 1. The lowest BCUT2D eigenvalue weighted by Gasteiger charge is -2.07. The zero-order valence-electron chi connectivity index (χ0n) is 9.14. The molecule has 0 bridgehead atoms. The van der Waals surface area contributed by atoms with Gasteiger partial charge < -0.3 is 10.5 Å². The van der Waals surface area contributed by atoms with Crippen molar-refractivity contribution >= 4 is 10.0 Å². The van der Waals surface area contributed by atoms with Crippen LogP contribution in [0.1, 0.15) is 6.92 Å². The Morgan fingerprint density at radius 2 is 2.19 bits per heavy atom. The van der Waals surface area contributed by atoms with Gasteiger partial charge in [-0.2, -0.15) is 0 Å². The molecule has 90 valence electrons. The molecule has 1 aromatic carbocycles. The molecular formula is C10H16N2O3S. The Labute approximate surface area is 95.7 Å². The van der Waals surface area contributed by atoms with Crippen molar-refractivity contribution < 1.29 is 13.2 Å². The van der Waals surface area contributed by atoms with E-state index in [-0.39, 0.29) is 18.0 Å². The van der Waals surface area contributed by atoms with E-state index in [0.717, 1.165) is 0 Å². The smallest absolute Gasteiger partial charge is 0.240 e. The van der Waals surface area contributed by atoms with Crippen LogP contribution in [0.4, 0.5) is 0 Å². The minimum Gasteiger partial charge on any atom is -0.494 e. The SMILES string of the molecule is CCOc1cccc(S(=O)(=O)NCCN)c1. The summed E-state index contributed by atoms with van der Waals surface area (Å²) < 4.78 is 31.1. The quantitative estimate of drug-likeness (QED) is 0.755. The fourth-order valence-corrected chi connectivity index (χ4v) is 2.26. The molecule has 0 aliphatic rings. The first-order valence-electron chi connectivity index (χ1n) is 5.02. The average Bonchev–Trinajstić information content (AvgIpc) is 2.27. The zero-order chi connectivity index (χ0) is 12.0. The van der Waals surface area contributed by atoms with Crippen LogP contribution in [0, 0.1) is 0 Å². The summed E-state index contributed by atoms with van der Waals surface area (Å²) >= 11 is 0. The minimum absolute atomic E-state index is 0.187. The van der Waals surface area contributed by atoms with E-state index >= 15 is 0 Å². The molecule has 0 aromatic heterocycles. The summed E-state index contributed by atoms with van der Waals surface area (Å²) in [4.78, 5) is 0.187. The Kier molecular flexibility index (Phi) is 4.72. The molecule has 0 radical (unpaired) electrons. The highest BCUT2D eigenvalue weighted by Crippen LogP contribution is 2.16. The Balaban J connectivity index is 2.90. The van der Waals surface area contributed by atoms with Crippen molar-refractivity contribution in [3.05, 3.63) is 24.3 Å². The number of ether oxygens (including phenoxy) is 1. The molecule has 1 aromatic rings. The topological polar surface area (TPSA) is 81.4 Å². The van der Waals surface area contributed by atoms with E-state index < -0.39 is 10.0 Å². The number of benzene rings is 1. The summed E-state index contributed by atoms with van der Waals surface area (Å²) in [6.45, 7) is 2.83. The molecule has 0 unspecified atom stereocenters. The van der Waals surface area contributed by atoms with Gasteiger partial charge in [0.1, 0.15) is 5.75 Å². The van der Waals surface area contributed by atoms with Crippen molar-refractivity contribution in [2.75, 3.05) is 19.7 Å². The van der Waals surface area contributed by atoms with E-state index in [1.165, 1.54) is 12.1 Å². The summed E-state index contributed by atoms with van der Waals surface area (Å²) in [6.07, 6.45) is 0. The van der Waals surface area contributed by atoms with Gasteiger partial charge in [-0.05, 0) is 19.1 Å². The maximum atomic E-state index is 11.7. The first-order valence-corrected chi connectivity index (χ1v) is 6.51. The lowest BCUT2D eigenvalue weighted by atomic mass is 10.3. The van der Waals surface area contributed by atoms with E-state index in [2.05, 4.69) is 4.72 Å². The van der Waals surface area contributed by atoms with Crippen molar-refractivity contribution in [1.82, 2.24) is 4.72 Å². The maximum Gasteiger partial charge on any atom is 0.240 e. The van der Waals surface area contributed by atoms with Gasteiger partial charge in [0.25, 0.3) is 0 Å². The van der Waals surface area contributed by atoms with Gasteiger partial charge in [-0.15, -0.1) is 0 Å². The summed E-state index contributed by atoms with van der Waals surface area (Å²) in [5.74, 6) is 0.540. The van der Waals surface area contributed by atoms with Crippen LogP contribution >= 0.6 is 0 Å². The van der Waals surface area contributed by atoms with Crippen LogP contribution in [0.3, 0.4) is 0 Å². The number of hydrogen-bond acceptors (Lipinski definition) is 4. The van der Waals surface area contributed by atoms with Crippen LogP contribution in [-0.2, 0) is 10.0 Å². The first-order chi connectivity index (χ1) is 7.60. The third-order valence-corrected chi connectivity index (χ3v) is 3.32.